The lowest BCUT2D eigenvalue weighted by molar-refractivity contribution is 0.0581. The number of β-amino-alcohol motifs (C(OH)–C–C–N with tert-alkyl or cyclic N) is 1. The molecule has 3 heterocycles. The van der Waals surface area contributed by atoms with Crippen LogP contribution in [-0.4, -0.2) is 68.5 Å². The van der Waals surface area contributed by atoms with Gasteiger partial charge in [-0.1, -0.05) is 0 Å². The van der Waals surface area contributed by atoms with Gasteiger partial charge in [0.05, 0.1) is 24.9 Å². The van der Waals surface area contributed by atoms with Crippen molar-refractivity contribution in [1.82, 2.24) is 24.6 Å². The van der Waals surface area contributed by atoms with E-state index in [9.17, 15) is 5.11 Å². The van der Waals surface area contributed by atoms with Gasteiger partial charge in [-0.2, -0.15) is 5.10 Å². The van der Waals surface area contributed by atoms with Gasteiger partial charge in [0, 0.05) is 45.1 Å². The molecule has 0 radical (unpaired) electrons. The Balaban J connectivity index is 1.41. The van der Waals surface area contributed by atoms with Crippen LogP contribution in [0.3, 0.4) is 0 Å². The Morgan fingerprint density at radius 3 is 2.52 bits per heavy atom. The predicted octanol–water partition coefficient (Wildman–Crippen LogP) is 0.667. The van der Waals surface area contributed by atoms with Crippen LogP contribution in [-0.2, 0) is 13.1 Å². The molecule has 1 saturated heterocycles. The van der Waals surface area contributed by atoms with Gasteiger partial charge in [-0.25, -0.2) is 4.98 Å². The van der Waals surface area contributed by atoms with E-state index in [0.717, 1.165) is 50.1 Å². The van der Waals surface area contributed by atoms with Gasteiger partial charge in [0.2, 0.25) is 5.89 Å². The largest absolute Gasteiger partial charge is 0.444 e. The molecule has 1 atom stereocenters. The molecule has 0 saturated carbocycles. The lowest BCUT2D eigenvalue weighted by Crippen LogP contribution is -2.48. The molecule has 2 aromatic rings. The van der Waals surface area contributed by atoms with Crippen LogP contribution < -0.4 is 0 Å². The molecule has 1 fully saturated rings. The lowest BCUT2D eigenvalue weighted by Gasteiger charge is -2.34. The summed E-state index contributed by atoms with van der Waals surface area (Å²) in [5.41, 5.74) is 0.973. The van der Waals surface area contributed by atoms with Crippen LogP contribution >= 0.6 is 0 Å². The predicted molar refractivity (Wildman–Crippen MR) is 85.9 cm³/mol. The molecule has 1 unspecified atom stereocenters. The molecule has 0 aliphatic carbocycles. The maximum absolute atomic E-state index is 10.2. The van der Waals surface area contributed by atoms with Gasteiger partial charge in [-0.3, -0.25) is 14.5 Å². The second kappa shape index (κ2) is 7.25. The SMILES string of the molecule is Cc1nc(CN2CCN(CC(O)Cn3cccn3)CC2)oc1C. The van der Waals surface area contributed by atoms with Crippen LogP contribution in [0.4, 0.5) is 0 Å². The molecule has 0 aromatic carbocycles. The van der Waals surface area contributed by atoms with Gasteiger partial charge in [0.1, 0.15) is 5.76 Å². The molecule has 23 heavy (non-hydrogen) atoms. The minimum Gasteiger partial charge on any atom is -0.444 e. The van der Waals surface area contributed by atoms with Crippen molar-refractivity contribution in [3.63, 3.8) is 0 Å². The Kier molecular flexibility index (Phi) is 5.09. The third-order valence-corrected chi connectivity index (χ3v) is 4.32. The smallest absolute Gasteiger partial charge is 0.208 e. The van der Waals surface area contributed by atoms with Crippen molar-refractivity contribution in [2.75, 3.05) is 32.7 Å². The highest BCUT2D eigenvalue weighted by Gasteiger charge is 2.21. The Morgan fingerprint density at radius 1 is 1.17 bits per heavy atom. The fourth-order valence-electron chi connectivity index (χ4n) is 2.91. The number of nitrogens with zero attached hydrogens (tertiary/aromatic N) is 5. The molecule has 1 aliphatic rings. The molecule has 0 amide bonds. The first-order valence-corrected chi connectivity index (χ1v) is 8.13. The molecule has 7 nitrogen and oxygen atoms in total. The van der Waals surface area contributed by atoms with Crippen molar-refractivity contribution in [2.24, 2.45) is 0 Å². The summed E-state index contributed by atoms with van der Waals surface area (Å²) in [6.45, 7) is 9.75. The maximum Gasteiger partial charge on any atom is 0.208 e. The van der Waals surface area contributed by atoms with Crippen molar-refractivity contribution >= 4 is 0 Å². The second-order valence-corrected chi connectivity index (χ2v) is 6.21. The fourth-order valence-corrected chi connectivity index (χ4v) is 2.91. The topological polar surface area (TPSA) is 70.6 Å². The highest BCUT2D eigenvalue weighted by atomic mass is 16.4. The monoisotopic (exact) mass is 319 g/mol. The Morgan fingerprint density at radius 2 is 1.91 bits per heavy atom. The normalized spacial score (nSPS) is 18.4. The molecule has 1 aliphatic heterocycles. The number of aryl methyl sites for hydroxylation is 2. The molecular formula is C16H25N5O2. The highest BCUT2D eigenvalue weighted by Crippen LogP contribution is 2.12. The average Bonchev–Trinajstić information content (AvgIpc) is 3.12. The third kappa shape index (κ3) is 4.40. The molecule has 0 bridgehead atoms. The molecule has 7 heteroatoms. The summed E-state index contributed by atoms with van der Waals surface area (Å²) < 4.78 is 7.42. The average molecular weight is 319 g/mol. The zero-order valence-corrected chi connectivity index (χ0v) is 13.9. The highest BCUT2D eigenvalue weighted by molar-refractivity contribution is 5.05. The first kappa shape index (κ1) is 16.2. The van der Waals surface area contributed by atoms with Gasteiger partial charge in [0.25, 0.3) is 0 Å². The zero-order chi connectivity index (χ0) is 16.2. The van der Waals surface area contributed by atoms with Crippen LogP contribution in [0, 0.1) is 13.8 Å². The summed E-state index contributed by atoms with van der Waals surface area (Å²) in [6.07, 6.45) is 3.22. The number of rotatable bonds is 6. The van der Waals surface area contributed by atoms with Crippen LogP contribution in [0.5, 0.6) is 0 Å². The fraction of sp³-hybridized carbons (Fsp3) is 0.625. The minimum atomic E-state index is -0.390. The Bertz CT molecular complexity index is 583. The van der Waals surface area contributed by atoms with Gasteiger partial charge in [-0.05, 0) is 19.9 Å². The summed E-state index contributed by atoms with van der Waals surface area (Å²) in [5.74, 6) is 1.70. The van der Waals surface area contributed by atoms with E-state index in [1.54, 1.807) is 10.9 Å². The van der Waals surface area contributed by atoms with Crippen molar-refractivity contribution in [3.8, 4) is 0 Å². The number of hydrogen-bond donors (Lipinski definition) is 1. The van der Waals surface area contributed by atoms with Crippen molar-refractivity contribution in [3.05, 3.63) is 35.8 Å². The van der Waals surface area contributed by atoms with Crippen LogP contribution in [0.1, 0.15) is 17.3 Å². The van der Waals surface area contributed by atoms with Gasteiger partial charge in [-0.15, -0.1) is 0 Å². The van der Waals surface area contributed by atoms with E-state index in [1.807, 2.05) is 26.1 Å². The van der Waals surface area contributed by atoms with E-state index < -0.39 is 6.10 Å². The van der Waals surface area contributed by atoms with Gasteiger partial charge in [0.15, 0.2) is 0 Å². The molecule has 2 aromatic heterocycles. The zero-order valence-electron chi connectivity index (χ0n) is 13.9. The second-order valence-electron chi connectivity index (χ2n) is 6.21. The van der Waals surface area contributed by atoms with E-state index in [0.29, 0.717) is 13.1 Å². The van der Waals surface area contributed by atoms with Crippen molar-refractivity contribution in [1.29, 1.82) is 0 Å². The first-order chi connectivity index (χ1) is 11.1. The van der Waals surface area contributed by atoms with E-state index in [4.69, 9.17) is 4.42 Å². The van der Waals surface area contributed by atoms with Gasteiger partial charge < -0.3 is 9.52 Å². The number of aromatic nitrogens is 3. The van der Waals surface area contributed by atoms with Crippen LogP contribution in [0.25, 0.3) is 0 Å². The summed E-state index contributed by atoms with van der Waals surface area (Å²) >= 11 is 0. The standard InChI is InChI=1S/C16H25N5O2/c1-13-14(2)23-16(18-13)12-20-8-6-19(7-9-20)10-15(22)11-21-5-3-4-17-21/h3-5,15,22H,6-12H2,1-2H3. The number of hydrogen-bond acceptors (Lipinski definition) is 6. The number of aliphatic hydroxyl groups excluding tert-OH is 1. The van der Waals surface area contributed by atoms with Crippen molar-refractivity contribution in [2.45, 2.75) is 33.0 Å². The molecular weight excluding hydrogens is 294 g/mol. The van der Waals surface area contributed by atoms with Gasteiger partial charge >= 0.3 is 0 Å². The van der Waals surface area contributed by atoms with Crippen LogP contribution in [0.2, 0.25) is 0 Å². The third-order valence-electron chi connectivity index (χ3n) is 4.32. The molecule has 1 N–H and O–H groups in total. The lowest BCUT2D eigenvalue weighted by atomic mass is 10.2. The van der Waals surface area contributed by atoms with E-state index >= 15 is 0 Å². The van der Waals surface area contributed by atoms with E-state index in [1.165, 1.54) is 0 Å². The summed E-state index contributed by atoms with van der Waals surface area (Å²) in [5, 5.41) is 14.3. The molecule has 3 rings (SSSR count). The number of piperazine rings is 1. The van der Waals surface area contributed by atoms with E-state index in [-0.39, 0.29) is 0 Å². The summed E-state index contributed by atoms with van der Waals surface area (Å²) in [7, 11) is 0. The van der Waals surface area contributed by atoms with Crippen molar-refractivity contribution < 1.29 is 9.52 Å². The van der Waals surface area contributed by atoms with E-state index in [2.05, 4.69) is 19.9 Å². The summed E-state index contributed by atoms with van der Waals surface area (Å²) in [6, 6.07) is 1.87. The Labute approximate surface area is 136 Å². The first-order valence-electron chi connectivity index (χ1n) is 8.13. The molecule has 126 valence electrons. The quantitative estimate of drug-likeness (QED) is 0.844. The number of oxazole rings is 1. The minimum absolute atomic E-state index is 0.390. The molecule has 0 spiro atoms. The maximum atomic E-state index is 10.2. The Hall–Kier alpha value is -1.70. The van der Waals surface area contributed by atoms with Crippen LogP contribution in [0.15, 0.2) is 22.9 Å². The summed E-state index contributed by atoms with van der Waals surface area (Å²) in [4.78, 5) is 9.09. The number of aliphatic hydroxyl groups is 1.